The zero-order chi connectivity index (χ0) is 18.0. The van der Waals surface area contributed by atoms with Crippen LogP contribution in [-0.2, 0) is 4.79 Å². The van der Waals surface area contributed by atoms with Crippen LogP contribution in [0, 0.1) is 25.2 Å². The van der Waals surface area contributed by atoms with E-state index in [1.165, 1.54) is 0 Å². The van der Waals surface area contributed by atoms with Crippen molar-refractivity contribution >= 4 is 11.7 Å². The van der Waals surface area contributed by atoms with E-state index in [0.717, 1.165) is 12.1 Å². The van der Waals surface area contributed by atoms with Crippen LogP contribution < -0.4 is 14.8 Å². The molecule has 7 nitrogen and oxygen atoms in total. The Bertz CT molecular complexity index is 796. The number of anilines is 1. The molecule has 0 spiro atoms. The first-order chi connectivity index (χ1) is 11.9. The Kier molecular flexibility index (Phi) is 4.57. The highest BCUT2D eigenvalue weighted by atomic mass is 16.5. The third-order valence-electron chi connectivity index (χ3n) is 4.50. The molecule has 0 bridgehead atoms. The molecular formula is C18H22N4O3. The lowest BCUT2D eigenvalue weighted by Crippen LogP contribution is -2.21. The number of aryl methyl sites for hydroxylation is 2. The molecule has 1 N–H and O–H groups in total. The Labute approximate surface area is 146 Å². The van der Waals surface area contributed by atoms with Gasteiger partial charge in [-0.1, -0.05) is 6.92 Å². The SMILES string of the molecule is COc1ccnc(NC(=O)[C@@H]2C[C@]2(C)COc2cnc(C)nc2C)c1. The van der Waals surface area contributed by atoms with Gasteiger partial charge in [0.1, 0.15) is 17.4 Å². The van der Waals surface area contributed by atoms with Crippen molar-refractivity contribution in [2.45, 2.75) is 27.2 Å². The van der Waals surface area contributed by atoms with Gasteiger partial charge < -0.3 is 14.8 Å². The first kappa shape index (κ1) is 17.1. The second-order valence-corrected chi connectivity index (χ2v) is 6.64. The standard InChI is InChI=1S/C18H22N4O3/c1-11-15(9-20-12(2)21-11)25-10-18(3)8-14(18)17(23)22-16-7-13(24-4)5-6-19-16/h5-7,9,14H,8,10H2,1-4H3,(H,19,22,23)/t14-,18+/m0/s1. The molecule has 1 aliphatic rings. The van der Waals surface area contributed by atoms with Crippen LogP contribution >= 0.6 is 0 Å². The van der Waals surface area contributed by atoms with Crippen LogP contribution in [0.25, 0.3) is 0 Å². The molecule has 3 rings (SSSR count). The highest BCUT2D eigenvalue weighted by Gasteiger charge is 2.55. The molecule has 7 heteroatoms. The van der Waals surface area contributed by atoms with Crippen molar-refractivity contribution in [2.24, 2.45) is 11.3 Å². The highest BCUT2D eigenvalue weighted by Crippen LogP contribution is 2.52. The van der Waals surface area contributed by atoms with Gasteiger partial charge in [-0.25, -0.2) is 15.0 Å². The third-order valence-corrected chi connectivity index (χ3v) is 4.50. The number of hydrogen-bond acceptors (Lipinski definition) is 6. The van der Waals surface area contributed by atoms with E-state index >= 15 is 0 Å². The van der Waals surface area contributed by atoms with Crippen LogP contribution in [0.3, 0.4) is 0 Å². The largest absolute Gasteiger partial charge is 0.497 e. The highest BCUT2D eigenvalue weighted by molar-refractivity contribution is 5.94. The number of hydrogen-bond donors (Lipinski definition) is 1. The molecule has 132 valence electrons. The first-order valence-electron chi connectivity index (χ1n) is 8.15. The lowest BCUT2D eigenvalue weighted by atomic mass is 10.1. The van der Waals surface area contributed by atoms with E-state index in [4.69, 9.17) is 9.47 Å². The zero-order valence-corrected chi connectivity index (χ0v) is 14.9. The molecule has 1 aliphatic carbocycles. The molecule has 0 unspecified atom stereocenters. The van der Waals surface area contributed by atoms with Gasteiger partial charge in [0.25, 0.3) is 0 Å². The summed E-state index contributed by atoms with van der Waals surface area (Å²) in [6, 6.07) is 3.43. The van der Waals surface area contributed by atoms with Crippen LogP contribution in [0.2, 0.25) is 0 Å². The average molecular weight is 342 g/mol. The van der Waals surface area contributed by atoms with E-state index < -0.39 is 0 Å². The van der Waals surface area contributed by atoms with Crippen molar-refractivity contribution in [3.05, 3.63) is 36.0 Å². The molecule has 0 aromatic carbocycles. The molecule has 2 aromatic heterocycles. The second kappa shape index (κ2) is 6.66. The van der Waals surface area contributed by atoms with Crippen molar-refractivity contribution < 1.29 is 14.3 Å². The summed E-state index contributed by atoms with van der Waals surface area (Å²) in [7, 11) is 1.58. The fourth-order valence-electron chi connectivity index (χ4n) is 2.75. The Hall–Kier alpha value is -2.70. The van der Waals surface area contributed by atoms with Gasteiger partial charge in [-0.15, -0.1) is 0 Å². The van der Waals surface area contributed by atoms with Gasteiger partial charge in [-0.3, -0.25) is 4.79 Å². The van der Waals surface area contributed by atoms with Gasteiger partial charge in [0.05, 0.1) is 25.6 Å². The minimum absolute atomic E-state index is 0.0521. The third kappa shape index (κ3) is 3.87. The topological polar surface area (TPSA) is 86.2 Å². The van der Waals surface area contributed by atoms with E-state index in [9.17, 15) is 4.79 Å². The Morgan fingerprint density at radius 3 is 2.92 bits per heavy atom. The quantitative estimate of drug-likeness (QED) is 0.868. The lowest BCUT2D eigenvalue weighted by Gasteiger charge is -2.14. The number of rotatable bonds is 6. The van der Waals surface area contributed by atoms with E-state index in [0.29, 0.717) is 29.7 Å². The smallest absolute Gasteiger partial charge is 0.229 e. The molecule has 0 aliphatic heterocycles. The molecule has 25 heavy (non-hydrogen) atoms. The van der Waals surface area contributed by atoms with Gasteiger partial charge in [-0.2, -0.15) is 0 Å². The Morgan fingerprint density at radius 2 is 2.20 bits per heavy atom. The van der Waals surface area contributed by atoms with Crippen molar-refractivity contribution in [2.75, 3.05) is 19.0 Å². The predicted molar refractivity (Wildman–Crippen MR) is 92.6 cm³/mol. The molecule has 2 aromatic rings. The van der Waals surface area contributed by atoms with Gasteiger partial charge in [0.2, 0.25) is 5.91 Å². The summed E-state index contributed by atoms with van der Waals surface area (Å²) in [5, 5.41) is 2.84. The van der Waals surface area contributed by atoms with Crippen LogP contribution in [0.4, 0.5) is 5.82 Å². The van der Waals surface area contributed by atoms with Crippen LogP contribution in [-0.4, -0.2) is 34.6 Å². The van der Waals surface area contributed by atoms with E-state index in [-0.39, 0.29) is 17.2 Å². The summed E-state index contributed by atoms with van der Waals surface area (Å²) in [6.07, 6.45) is 4.05. The summed E-state index contributed by atoms with van der Waals surface area (Å²) in [5.74, 6) is 2.36. The number of carbonyl (C=O) groups excluding carboxylic acids is 1. The Balaban J connectivity index is 1.57. The molecule has 1 fully saturated rings. The second-order valence-electron chi connectivity index (χ2n) is 6.64. The number of aromatic nitrogens is 3. The van der Waals surface area contributed by atoms with Crippen LogP contribution in [0.15, 0.2) is 24.5 Å². The first-order valence-corrected chi connectivity index (χ1v) is 8.15. The minimum Gasteiger partial charge on any atom is -0.497 e. The number of nitrogens with zero attached hydrogens (tertiary/aromatic N) is 3. The maximum Gasteiger partial charge on any atom is 0.229 e. The Morgan fingerprint density at radius 1 is 1.40 bits per heavy atom. The van der Waals surface area contributed by atoms with Gasteiger partial charge in [0.15, 0.2) is 5.75 Å². The number of amides is 1. The maximum atomic E-state index is 12.4. The van der Waals surface area contributed by atoms with Crippen molar-refractivity contribution in [3.8, 4) is 11.5 Å². The fourth-order valence-corrected chi connectivity index (χ4v) is 2.75. The molecule has 0 saturated heterocycles. The molecule has 2 atom stereocenters. The van der Waals surface area contributed by atoms with Crippen molar-refractivity contribution in [3.63, 3.8) is 0 Å². The number of methoxy groups -OCH3 is 1. The molecule has 2 heterocycles. The normalized spacial score (nSPS) is 21.5. The average Bonchev–Trinajstić information content (AvgIpc) is 3.26. The maximum absolute atomic E-state index is 12.4. The van der Waals surface area contributed by atoms with Crippen molar-refractivity contribution in [1.82, 2.24) is 15.0 Å². The molecule has 1 amide bonds. The summed E-state index contributed by atoms with van der Waals surface area (Å²) in [5.41, 5.74) is 0.610. The fraction of sp³-hybridized carbons (Fsp3) is 0.444. The van der Waals surface area contributed by atoms with E-state index in [1.54, 1.807) is 31.6 Å². The number of nitrogens with one attached hydrogen (secondary N) is 1. The monoisotopic (exact) mass is 342 g/mol. The predicted octanol–water partition coefficient (Wildman–Crippen LogP) is 2.54. The van der Waals surface area contributed by atoms with Crippen LogP contribution in [0.5, 0.6) is 11.5 Å². The molecule has 1 saturated carbocycles. The minimum atomic E-state index is -0.194. The van der Waals surface area contributed by atoms with Gasteiger partial charge >= 0.3 is 0 Å². The summed E-state index contributed by atoms with van der Waals surface area (Å²) < 4.78 is 11.0. The lowest BCUT2D eigenvalue weighted by molar-refractivity contribution is -0.118. The molecular weight excluding hydrogens is 320 g/mol. The summed E-state index contributed by atoms with van der Waals surface area (Å²) >= 11 is 0. The number of carbonyl (C=O) groups is 1. The summed E-state index contributed by atoms with van der Waals surface area (Å²) in [4.78, 5) is 25.0. The zero-order valence-electron chi connectivity index (χ0n) is 14.9. The van der Waals surface area contributed by atoms with Crippen molar-refractivity contribution in [1.29, 1.82) is 0 Å². The van der Waals surface area contributed by atoms with Crippen LogP contribution in [0.1, 0.15) is 24.9 Å². The van der Waals surface area contributed by atoms with Gasteiger partial charge in [0, 0.05) is 23.6 Å². The van der Waals surface area contributed by atoms with Gasteiger partial charge in [-0.05, 0) is 26.3 Å². The van der Waals surface area contributed by atoms with E-state index in [2.05, 4.69) is 20.3 Å². The number of pyridine rings is 1. The summed E-state index contributed by atoms with van der Waals surface area (Å²) in [6.45, 7) is 6.22. The molecule has 0 radical (unpaired) electrons. The van der Waals surface area contributed by atoms with E-state index in [1.807, 2.05) is 20.8 Å². The number of ether oxygens (including phenoxy) is 2.